The first-order valence-corrected chi connectivity index (χ1v) is 7.72. The summed E-state index contributed by atoms with van der Waals surface area (Å²) in [7, 11) is 0. The standard InChI is InChI=1S/C16H18ClNO/c17-13(12-8-10-5-6-11(12)7-10)9-16-18-14-3-1-2-4-15(14)19-16/h1-4,10-13H,5-9H2. The number of fused-ring (bicyclic) bond motifs is 3. The van der Waals surface area contributed by atoms with E-state index in [2.05, 4.69) is 4.98 Å². The highest BCUT2D eigenvalue weighted by molar-refractivity contribution is 6.20. The number of nitrogens with zero attached hydrogens (tertiary/aromatic N) is 1. The first-order valence-electron chi connectivity index (χ1n) is 7.28. The van der Waals surface area contributed by atoms with Crippen molar-refractivity contribution in [3.8, 4) is 0 Å². The van der Waals surface area contributed by atoms with Gasteiger partial charge in [0.1, 0.15) is 5.52 Å². The monoisotopic (exact) mass is 275 g/mol. The first-order chi connectivity index (χ1) is 9.29. The minimum Gasteiger partial charge on any atom is -0.441 e. The Morgan fingerprint density at radius 2 is 2.16 bits per heavy atom. The Balaban J connectivity index is 1.51. The molecule has 2 bridgehead atoms. The highest BCUT2D eigenvalue weighted by Crippen LogP contribution is 2.50. The van der Waals surface area contributed by atoms with Crippen LogP contribution in [0.3, 0.4) is 0 Å². The van der Waals surface area contributed by atoms with Gasteiger partial charge in [-0.15, -0.1) is 11.6 Å². The number of halogens is 1. The van der Waals surface area contributed by atoms with E-state index >= 15 is 0 Å². The summed E-state index contributed by atoms with van der Waals surface area (Å²) < 4.78 is 5.78. The molecule has 0 N–H and O–H groups in total. The second-order valence-electron chi connectivity index (χ2n) is 6.13. The van der Waals surface area contributed by atoms with Crippen LogP contribution < -0.4 is 0 Å². The SMILES string of the molecule is ClC(Cc1nc2ccccc2o1)C1CC2CCC1C2. The number of alkyl halides is 1. The third-order valence-electron chi connectivity index (χ3n) is 4.97. The van der Waals surface area contributed by atoms with Crippen LogP contribution in [0.1, 0.15) is 31.6 Å². The third-order valence-corrected chi connectivity index (χ3v) is 5.44. The molecule has 0 amide bonds. The molecule has 1 aromatic heterocycles. The minimum atomic E-state index is 0.184. The predicted octanol–water partition coefficient (Wildman–Crippen LogP) is 4.41. The van der Waals surface area contributed by atoms with Crippen molar-refractivity contribution in [1.29, 1.82) is 0 Å². The Bertz CT molecular complexity index is 560. The van der Waals surface area contributed by atoms with Crippen molar-refractivity contribution < 1.29 is 4.42 Å². The quantitative estimate of drug-likeness (QED) is 0.775. The molecule has 0 aliphatic heterocycles. The molecular weight excluding hydrogens is 258 g/mol. The lowest BCUT2D eigenvalue weighted by atomic mass is 9.85. The number of benzene rings is 1. The molecule has 4 rings (SSSR count). The average molecular weight is 276 g/mol. The van der Waals surface area contributed by atoms with E-state index in [0.29, 0.717) is 5.92 Å². The highest BCUT2D eigenvalue weighted by Gasteiger charge is 2.42. The molecule has 1 aromatic carbocycles. The van der Waals surface area contributed by atoms with Gasteiger partial charge in [0.05, 0.1) is 0 Å². The number of hydrogen-bond donors (Lipinski definition) is 0. The Hall–Kier alpha value is -1.02. The van der Waals surface area contributed by atoms with E-state index in [0.717, 1.165) is 35.2 Å². The molecule has 1 heterocycles. The molecule has 4 unspecified atom stereocenters. The largest absolute Gasteiger partial charge is 0.441 e. The summed E-state index contributed by atoms with van der Waals surface area (Å²) in [5, 5.41) is 0.184. The van der Waals surface area contributed by atoms with Gasteiger partial charge in [0.2, 0.25) is 0 Å². The van der Waals surface area contributed by atoms with Gasteiger partial charge in [0.15, 0.2) is 11.5 Å². The molecule has 4 atom stereocenters. The van der Waals surface area contributed by atoms with Crippen molar-refractivity contribution in [2.75, 3.05) is 0 Å². The lowest BCUT2D eigenvalue weighted by Gasteiger charge is -2.25. The molecule has 2 nitrogen and oxygen atoms in total. The molecule has 0 saturated heterocycles. The van der Waals surface area contributed by atoms with E-state index in [9.17, 15) is 0 Å². The molecule has 19 heavy (non-hydrogen) atoms. The fourth-order valence-electron chi connectivity index (χ4n) is 4.06. The molecule has 2 aliphatic rings. The Morgan fingerprint density at radius 3 is 2.89 bits per heavy atom. The summed E-state index contributed by atoms with van der Waals surface area (Å²) in [6, 6.07) is 7.92. The maximum atomic E-state index is 6.64. The van der Waals surface area contributed by atoms with Crippen LogP contribution in [0.15, 0.2) is 28.7 Å². The van der Waals surface area contributed by atoms with Gasteiger partial charge in [-0.25, -0.2) is 4.98 Å². The van der Waals surface area contributed by atoms with Crippen LogP contribution >= 0.6 is 11.6 Å². The van der Waals surface area contributed by atoms with E-state index < -0.39 is 0 Å². The van der Waals surface area contributed by atoms with Crippen LogP contribution in [0.25, 0.3) is 11.1 Å². The van der Waals surface area contributed by atoms with Gasteiger partial charge in [0.25, 0.3) is 0 Å². The fourth-order valence-corrected chi connectivity index (χ4v) is 4.50. The summed E-state index contributed by atoms with van der Waals surface area (Å²) in [5.41, 5.74) is 1.81. The van der Waals surface area contributed by atoms with Crippen LogP contribution in [-0.4, -0.2) is 10.4 Å². The lowest BCUT2D eigenvalue weighted by molar-refractivity contribution is 0.312. The van der Waals surface area contributed by atoms with Crippen molar-refractivity contribution in [2.24, 2.45) is 17.8 Å². The summed E-state index contributed by atoms with van der Waals surface area (Å²) in [5.74, 6) is 3.27. The normalized spacial score (nSPS) is 31.1. The van der Waals surface area contributed by atoms with Crippen molar-refractivity contribution in [3.63, 3.8) is 0 Å². The lowest BCUT2D eigenvalue weighted by Crippen LogP contribution is -2.23. The molecule has 3 heteroatoms. The topological polar surface area (TPSA) is 26.0 Å². The van der Waals surface area contributed by atoms with Gasteiger partial charge in [-0.2, -0.15) is 0 Å². The van der Waals surface area contributed by atoms with Crippen LogP contribution in [0.2, 0.25) is 0 Å². The van der Waals surface area contributed by atoms with Gasteiger partial charge in [-0.3, -0.25) is 0 Å². The first kappa shape index (κ1) is 11.8. The number of aromatic nitrogens is 1. The highest BCUT2D eigenvalue weighted by atomic mass is 35.5. The number of rotatable bonds is 3. The Kier molecular flexibility index (Phi) is 2.80. The number of para-hydroxylation sites is 2. The van der Waals surface area contributed by atoms with Crippen molar-refractivity contribution in [3.05, 3.63) is 30.2 Å². The van der Waals surface area contributed by atoms with Gasteiger partial charge < -0.3 is 4.42 Å². The maximum absolute atomic E-state index is 6.64. The van der Waals surface area contributed by atoms with E-state index in [1.807, 2.05) is 24.3 Å². The van der Waals surface area contributed by atoms with Crippen LogP contribution in [0, 0.1) is 17.8 Å². The Labute approximate surface area is 118 Å². The number of oxazole rings is 1. The average Bonchev–Trinajstić information content (AvgIpc) is 3.12. The molecule has 2 saturated carbocycles. The summed E-state index contributed by atoms with van der Waals surface area (Å²) >= 11 is 6.64. The summed E-state index contributed by atoms with van der Waals surface area (Å²) in [6.45, 7) is 0. The van der Waals surface area contributed by atoms with Gasteiger partial charge in [0, 0.05) is 11.8 Å². The van der Waals surface area contributed by atoms with Crippen LogP contribution in [-0.2, 0) is 6.42 Å². The maximum Gasteiger partial charge on any atom is 0.196 e. The molecule has 2 aromatic rings. The smallest absolute Gasteiger partial charge is 0.196 e. The zero-order valence-corrected chi connectivity index (χ0v) is 11.6. The minimum absolute atomic E-state index is 0.184. The van der Waals surface area contributed by atoms with Crippen molar-refractivity contribution in [1.82, 2.24) is 4.98 Å². The summed E-state index contributed by atoms with van der Waals surface area (Å²) in [6.07, 6.45) is 6.30. The van der Waals surface area contributed by atoms with Gasteiger partial charge >= 0.3 is 0 Å². The van der Waals surface area contributed by atoms with E-state index in [1.165, 1.54) is 25.7 Å². The third kappa shape index (κ3) is 2.06. The molecule has 0 radical (unpaired) electrons. The Morgan fingerprint density at radius 1 is 1.26 bits per heavy atom. The fraction of sp³-hybridized carbons (Fsp3) is 0.562. The second-order valence-corrected chi connectivity index (χ2v) is 6.69. The van der Waals surface area contributed by atoms with Gasteiger partial charge in [-0.05, 0) is 49.1 Å². The molecule has 2 aliphatic carbocycles. The van der Waals surface area contributed by atoms with E-state index in [1.54, 1.807) is 0 Å². The molecule has 0 spiro atoms. The number of hydrogen-bond acceptors (Lipinski definition) is 2. The predicted molar refractivity (Wildman–Crippen MR) is 76.3 cm³/mol. The summed E-state index contributed by atoms with van der Waals surface area (Å²) in [4.78, 5) is 4.54. The van der Waals surface area contributed by atoms with Crippen LogP contribution in [0.5, 0.6) is 0 Å². The van der Waals surface area contributed by atoms with Crippen LogP contribution in [0.4, 0.5) is 0 Å². The zero-order chi connectivity index (χ0) is 12.8. The van der Waals surface area contributed by atoms with Crippen molar-refractivity contribution in [2.45, 2.75) is 37.5 Å². The van der Waals surface area contributed by atoms with Crippen molar-refractivity contribution >= 4 is 22.7 Å². The molecule has 100 valence electrons. The van der Waals surface area contributed by atoms with E-state index in [-0.39, 0.29) is 5.38 Å². The van der Waals surface area contributed by atoms with E-state index in [4.69, 9.17) is 16.0 Å². The van der Waals surface area contributed by atoms with Gasteiger partial charge in [-0.1, -0.05) is 18.6 Å². The zero-order valence-electron chi connectivity index (χ0n) is 10.9. The molecule has 2 fully saturated rings. The molecular formula is C16H18ClNO. The second kappa shape index (κ2) is 4.52.